The van der Waals surface area contributed by atoms with Crippen LogP contribution in [0.15, 0.2) is 56.1 Å². The molecule has 1 unspecified atom stereocenters. The second-order valence-electron chi connectivity index (χ2n) is 8.66. The Kier molecular flexibility index (Phi) is 62.1. The molecule has 0 spiro atoms. The van der Waals surface area contributed by atoms with Gasteiger partial charge in [-0.1, -0.05) is 114 Å². The molecule has 1 aromatic heterocycles. The van der Waals surface area contributed by atoms with Crippen molar-refractivity contribution < 1.29 is 0 Å². The maximum absolute atomic E-state index is 4.50. The Morgan fingerprint density at radius 1 is 0.914 bits per heavy atom. The van der Waals surface area contributed by atoms with Gasteiger partial charge in [0.25, 0.3) is 0 Å². The summed E-state index contributed by atoms with van der Waals surface area (Å²) in [6.07, 6.45) is 17.9. The first kappa shape index (κ1) is 47.1. The van der Waals surface area contributed by atoms with Gasteiger partial charge in [0.15, 0.2) is 0 Å². The van der Waals surface area contributed by atoms with Gasteiger partial charge in [-0.2, -0.15) is 0 Å². The first-order chi connectivity index (χ1) is 16.7. The summed E-state index contributed by atoms with van der Waals surface area (Å²) in [7, 11) is 4.22. The third kappa shape index (κ3) is 79.4. The Labute approximate surface area is 226 Å². The van der Waals surface area contributed by atoms with E-state index < -0.39 is 0 Å². The number of nitrogens with two attached hydrogens (primary N) is 1. The van der Waals surface area contributed by atoms with E-state index >= 15 is 0 Å². The molecule has 35 heavy (non-hydrogen) atoms. The monoisotopic (exact) mass is 511 g/mol. The number of hydrogen-bond acceptors (Lipinski definition) is 2. The number of aryl methyl sites for hydroxylation is 1. The van der Waals surface area contributed by atoms with Crippen molar-refractivity contribution in [3.8, 4) is 0 Å². The highest BCUT2D eigenvalue weighted by Gasteiger charge is 2.08. The van der Waals surface area contributed by atoms with E-state index in [4.69, 9.17) is 0 Å². The molecule has 1 aliphatic carbocycles. The average molecular weight is 511 g/mol. The topological polar surface area (TPSA) is 38.9 Å². The molecule has 2 N–H and O–H groups in total. The first-order valence-electron chi connectivity index (χ1n) is 13.7. The van der Waals surface area contributed by atoms with Crippen molar-refractivity contribution >= 4 is 9.24 Å². The maximum atomic E-state index is 4.50. The van der Waals surface area contributed by atoms with Crippen molar-refractivity contribution in [3.63, 3.8) is 0 Å². The first-order valence-corrected chi connectivity index (χ1v) is 14.3. The predicted octanol–water partition coefficient (Wildman–Crippen LogP) is 11.0. The fourth-order valence-electron chi connectivity index (χ4n) is 1.89. The van der Waals surface area contributed by atoms with Gasteiger partial charge < -0.3 is 5.73 Å². The Bertz CT molecular complexity index is 454. The molecule has 0 aromatic carbocycles. The Hall–Kier alpha value is -1.20. The zero-order chi connectivity index (χ0) is 29.0. The number of nitrogens with zero attached hydrogens (tertiary/aromatic N) is 1. The molecule has 0 bridgehead atoms. The number of pyridine rings is 1. The van der Waals surface area contributed by atoms with Crippen molar-refractivity contribution in [2.45, 2.75) is 132 Å². The molecular formula is C32H67N2P. The van der Waals surface area contributed by atoms with Crippen molar-refractivity contribution in [2.24, 2.45) is 11.7 Å². The summed E-state index contributed by atoms with van der Waals surface area (Å²) in [5.41, 5.74) is 8.62. The highest BCUT2D eigenvalue weighted by Crippen LogP contribution is 2.23. The average Bonchev–Trinajstić information content (AvgIpc) is 2.89. The highest BCUT2D eigenvalue weighted by atomic mass is 31.0. The summed E-state index contributed by atoms with van der Waals surface area (Å²) in [6, 6.07) is 3.94. The van der Waals surface area contributed by atoms with Crippen molar-refractivity contribution in [1.82, 2.24) is 4.98 Å². The predicted molar refractivity (Wildman–Crippen MR) is 173 cm³/mol. The van der Waals surface area contributed by atoms with Crippen LogP contribution in [0.5, 0.6) is 0 Å². The number of allylic oxidation sites excluding steroid dienone is 1. The van der Waals surface area contributed by atoms with E-state index in [1.165, 1.54) is 70.4 Å². The second-order valence-corrected chi connectivity index (χ2v) is 10.4. The zero-order valence-electron chi connectivity index (χ0n) is 26.1. The van der Waals surface area contributed by atoms with E-state index in [1.807, 2.05) is 32.9 Å². The molecule has 3 heteroatoms. The second kappa shape index (κ2) is 46.2. The molecule has 0 amide bonds. The third-order valence-corrected chi connectivity index (χ3v) is 3.85. The van der Waals surface area contributed by atoms with Gasteiger partial charge in [0.1, 0.15) is 0 Å². The lowest BCUT2D eigenvalue weighted by molar-refractivity contribution is 0.420. The maximum Gasteiger partial charge on any atom is 0.0270 e. The van der Waals surface area contributed by atoms with Crippen LogP contribution in [0.25, 0.3) is 0 Å². The summed E-state index contributed by atoms with van der Waals surface area (Å²) in [5.74, 6) is 0.802. The molecule has 1 heterocycles. The molecule has 1 aliphatic rings. The summed E-state index contributed by atoms with van der Waals surface area (Å²) in [5, 5.41) is 0.417. The number of hydrogen-bond donors (Lipinski definition) is 1. The van der Waals surface area contributed by atoms with E-state index in [2.05, 4.69) is 100.0 Å². The van der Waals surface area contributed by atoms with E-state index in [9.17, 15) is 0 Å². The molecule has 2 nitrogen and oxygen atoms in total. The molecule has 210 valence electrons. The smallest absolute Gasteiger partial charge is 0.0270 e. The molecule has 2 rings (SSSR count). The van der Waals surface area contributed by atoms with Gasteiger partial charge in [0, 0.05) is 12.4 Å². The minimum Gasteiger partial charge on any atom is -0.333 e. The van der Waals surface area contributed by atoms with E-state index in [0.717, 1.165) is 5.92 Å². The largest absolute Gasteiger partial charge is 0.333 e. The zero-order valence-corrected chi connectivity index (χ0v) is 27.2. The molecule has 0 radical (unpaired) electrons. The Morgan fingerprint density at radius 3 is 1.43 bits per heavy atom. The van der Waals surface area contributed by atoms with E-state index in [1.54, 1.807) is 12.4 Å². The molecule has 1 atom stereocenters. The van der Waals surface area contributed by atoms with Crippen LogP contribution in [0.3, 0.4) is 0 Å². The SMILES string of the molecule is C=C.C=C=CC1CCCCC1.CC.CC(C)(C)P.CCCC.CCCC.CN.Cc1ccncc1. The molecular weight excluding hydrogens is 443 g/mol. The minimum absolute atomic E-state index is 0.417. The number of rotatable bonds is 3. The van der Waals surface area contributed by atoms with Gasteiger partial charge in [0.2, 0.25) is 0 Å². The highest BCUT2D eigenvalue weighted by molar-refractivity contribution is 7.18. The molecule has 1 saturated carbocycles. The van der Waals surface area contributed by atoms with Crippen LogP contribution in [-0.2, 0) is 0 Å². The normalized spacial score (nSPS) is 11.0. The van der Waals surface area contributed by atoms with Gasteiger partial charge in [-0.05, 0) is 61.7 Å². The van der Waals surface area contributed by atoms with E-state index in [-0.39, 0.29) is 0 Å². The molecule has 0 aliphatic heterocycles. The molecule has 1 aromatic rings. The van der Waals surface area contributed by atoms with Crippen LogP contribution in [0.1, 0.15) is 126 Å². The number of unbranched alkanes of at least 4 members (excludes halogenated alkanes) is 2. The van der Waals surface area contributed by atoms with Crippen LogP contribution in [-0.4, -0.2) is 17.2 Å². The van der Waals surface area contributed by atoms with Crippen molar-refractivity contribution in [1.29, 1.82) is 0 Å². The van der Waals surface area contributed by atoms with Crippen LogP contribution < -0.4 is 5.73 Å². The number of aromatic nitrogens is 1. The summed E-state index contributed by atoms with van der Waals surface area (Å²) in [6.45, 7) is 30.8. The van der Waals surface area contributed by atoms with Gasteiger partial charge in [-0.25, -0.2) is 0 Å². The van der Waals surface area contributed by atoms with Gasteiger partial charge in [-0.3, -0.25) is 4.98 Å². The lowest BCUT2D eigenvalue weighted by Gasteiger charge is -2.16. The van der Waals surface area contributed by atoms with Crippen molar-refractivity contribution in [3.05, 3.63) is 61.6 Å². The van der Waals surface area contributed by atoms with Crippen LogP contribution >= 0.6 is 9.24 Å². The van der Waals surface area contributed by atoms with Gasteiger partial charge in [0.05, 0.1) is 0 Å². The van der Waals surface area contributed by atoms with Crippen molar-refractivity contribution in [2.75, 3.05) is 7.05 Å². The van der Waals surface area contributed by atoms with Crippen LogP contribution in [0.2, 0.25) is 0 Å². The fraction of sp³-hybridized carbons (Fsp3) is 0.688. The van der Waals surface area contributed by atoms with Gasteiger partial charge in [-0.15, -0.1) is 28.1 Å². The summed E-state index contributed by atoms with van der Waals surface area (Å²) < 4.78 is 0. The fourth-order valence-corrected chi connectivity index (χ4v) is 1.89. The third-order valence-electron chi connectivity index (χ3n) is 3.85. The quantitative estimate of drug-likeness (QED) is 0.249. The lowest BCUT2D eigenvalue weighted by Crippen LogP contribution is -2.01. The molecule has 1 fully saturated rings. The molecule has 0 saturated heterocycles. The summed E-state index contributed by atoms with van der Waals surface area (Å²) >= 11 is 0. The van der Waals surface area contributed by atoms with Crippen LogP contribution in [0, 0.1) is 12.8 Å². The Morgan fingerprint density at radius 2 is 1.23 bits per heavy atom. The van der Waals surface area contributed by atoms with Gasteiger partial charge >= 0.3 is 0 Å². The van der Waals surface area contributed by atoms with Crippen LogP contribution in [0.4, 0.5) is 0 Å². The summed E-state index contributed by atoms with van der Waals surface area (Å²) in [4.78, 5) is 3.85. The standard InChI is InChI=1S/C9H14.C6H7N.C4H11P.2C4H10.C2H6.C2H4.CH5N/c1-2-6-9-7-4-3-5-8-9;1-6-2-4-7-5-3-6;1-4(2,3)5;2*1-3-4-2;3*1-2/h6,9H,1,3-5,7-8H2;2-5H,1H3;5H2,1-3H3;2*3-4H2,1-2H3;1-2H3;1-2H2;2H2,1H3. The minimum atomic E-state index is 0.417. The lowest BCUT2D eigenvalue weighted by atomic mass is 9.89. The van der Waals surface area contributed by atoms with E-state index in [0.29, 0.717) is 5.16 Å². The Balaban J connectivity index is -0.0000000735.